The Bertz CT molecular complexity index is 763. The molecule has 0 aliphatic carbocycles. The molecule has 0 aliphatic rings. The van der Waals surface area contributed by atoms with Crippen LogP contribution in [0.2, 0.25) is 0 Å². The van der Waals surface area contributed by atoms with Gasteiger partial charge in [0.05, 0.1) is 27.9 Å². The van der Waals surface area contributed by atoms with Crippen molar-refractivity contribution in [3.63, 3.8) is 0 Å². The highest BCUT2D eigenvalue weighted by Crippen LogP contribution is 2.27. The van der Waals surface area contributed by atoms with Crippen molar-refractivity contribution in [2.45, 2.75) is 4.90 Å². The number of nitrogens with zero attached hydrogens (tertiary/aromatic N) is 3. The Morgan fingerprint density at radius 3 is 2.48 bits per heavy atom. The Balaban J connectivity index is 2.39. The largest absolute Gasteiger partial charge is 0.383 e. The van der Waals surface area contributed by atoms with Gasteiger partial charge in [0.1, 0.15) is 12.0 Å². The van der Waals surface area contributed by atoms with Crippen molar-refractivity contribution in [3.8, 4) is 0 Å². The second-order valence-electron chi connectivity index (χ2n) is 3.92. The molecule has 0 saturated heterocycles. The fourth-order valence-corrected chi connectivity index (χ4v) is 2.66. The molecule has 1 heterocycles. The summed E-state index contributed by atoms with van der Waals surface area (Å²) in [7, 11) is -2.41. The van der Waals surface area contributed by atoms with Crippen LogP contribution in [0.4, 0.5) is 17.1 Å². The molecule has 0 bridgehead atoms. The molecule has 0 saturated carbocycles. The molecule has 110 valence electrons. The van der Waals surface area contributed by atoms with Crippen LogP contribution >= 0.6 is 0 Å². The lowest BCUT2D eigenvalue weighted by Crippen LogP contribution is -2.13. The van der Waals surface area contributed by atoms with Gasteiger partial charge in [-0.05, 0) is 12.1 Å². The van der Waals surface area contributed by atoms with Crippen molar-refractivity contribution >= 4 is 27.1 Å². The molecule has 1 aromatic heterocycles. The van der Waals surface area contributed by atoms with Crippen molar-refractivity contribution in [1.29, 1.82) is 0 Å². The van der Waals surface area contributed by atoms with Gasteiger partial charge < -0.3 is 5.32 Å². The first-order valence-corrected chi connectivity index (χ1v) is 7.16. The van der Waals surface area contributed by atoms with Crippen LogP contribution in [0.1, 0.15) is 0 Å². The maximum absolute atomic E-state index is 12.2. The molecular weight excluding hydrogens is 298 g/mol. The van der Waals surface area contributed by atoms with Crippen LogP contribution in [0.25, 0.3) is 0 Å². The minimum absolute atomic E-state index is 0.104. The fraction of sp³-hybridized carbons (Fsp3) is 0.0909. The number of hydrogen-bond donors (Lipinski definition) is 2. The van der Waals surface area contributed by atoms with E-state index >= 15 is 0 Å². The minimum atomic E-state index is -3.88. The van der Waals surface area contributed by atoms with Gasteiger partial charge in [-0.1, -0.05) is 0 Å². The number of nitro groups is 1. The summed E-state index contributed by atoms with van der Waals surface area (Å²) < 4.78 is 26.7. The number of rotatable bonds is 5. The Labute approximate surface area is 120 Å². The topological polar surface area (TPSA) is 127 Å². The molecule has 0 unspecified atom stereocenters. The first kappa shape index (κ1) is 14.7. The first-order chi connectivity index (χ1) is 9.94. The second-order valence-corrected chi connectivity index (χ2v) is 5.60. The van der Waals surface area contributed by atoms with Crippen molar-refractivity contribution < 1.29 is 13.3 Å². The third kappa shape index (κ3) is 3.23. The number of benzene rings is 1. The van der Waals surface area contributed by atoms with Gasteiger partial charge in [0.25, 0.3) is 15.7 Å². The zero-order chi connectivity index (χ0) is 15.5. The van der Waals surface area contributed by atoms with E-state index in [1.54, 1.807) is 0 Å². The summed E-state index contributed by atoms with van der Waals surface area (Å²) in [6, 6.07) is 3.47. The molecule has 0 amide bonds. The van der Waals surface area contributed by atoms with Crippen LogP contribution < -0.4 is 10.0 Å². The lowest BCUT2D eigenvalue weighted by atomic mass is 10.3. The predicted molar refractivity (Wildman–Crippen MR) is 75.5 cm³/mol. The summed E-state index contributed by atoms with van der Waals surface area (Å²) in [6.07, 6.45) is 3.87. The zero-order valence-electron chi connectivity index (χ0n) is 10.8. The zero-order valence-corrected chi connectivity index (χ0v) is 11.7. The van der Waals surface area contributed by atoms with Crippen LogP contribution in [0.5, 0.6) is 0 Å². The molecule has 0 aliphatic heterocycles. The highest BCUT2D eigenvalue weighted by Gasteiger charge is 2.20. The van der Waals surface area contributed by atoms with Crippen LogP contribution in [-0.2, 0) is 10.0 Å². The first-order valence-electron chi connectivity index (χ1n) is 5.68. The lowest BCUT2D eigenvalue weighted by molar-refractivity contribution is -0.384. The molecule has 2 rings (SSSR count). The third-order valence-electron chi connectivity index (χ3n) is 2.56. The molecular formula is C11H11N5O4S. The minimum Gasteiger partial charge on any atom is -0.383 e. The Morgan fingerprint density at radius 2 is 1.90 bits per heavy atom. The Hall–Kier alpha value is -2.75. The maximum atomic E-state index is 12.2. The average Bonchev–Trinajstić information content (AvgIpc) is 2.47. The smallest absolute Gasteiger partial charge is 0.292 e. The summed E-state index contributed by atoms with van der Waals surface area (Å²) in [5.41, 5.74) is 0.0912. The third-order valence-corrected chi connectivity index (χ3v) is 3.94. The van der Waals surface area contributed by atoms with E-state index in [9.17, 15) is 18.5 Å². The fourth-order valence-electron chi connectivity index (χ4n) is 1.61. The van der Waals surface area contributed by atoms with Gasteiger partial charge in [0.2, 0.25) is 0 Å². The Morgan fingerprint density at radius 1 is 1.24 bits per heavy atom. The van der Waals surface area contributed by atoms with Gasteiger partial charge in [-0.25, -0.2) is 18.4 Å². The summed E-state index contributed by atoms with van der Waals surface area (Å²) in [6.45, 7) is 0. The van der Waals surface area contributed by atoms with Gasteiger partial charge in [0, 0.05) is 13.1 Å². The van der Waals surface area contributed by atoms with Crippen molar-refractivity contribution in [2.75, 3.05) is 17.1 Å². The number of nitrogens with one attached hydrogen (secondary N) is 2. The highest BCUT2D eigenvalue weighted by molar-refractivity contribution is 7.92. The van der Waals surface area contributed by atoms with Gasteiger partial charge in [-0.3, -0.25) is 14.8 Å². The average molecular weight is 309 g/mol. The predicted octanol–water partition coefficient (Wildman–Crippen LogP) is 1.23. The molecule has 9 nitrogen and oxygen atoms in total. The number of aromatic nitrogens is 2. The van der Waals surface area contributed by atoms with Gasteiger partial charge >= 0.3 is 0 Å². The summed E-state index contributed by atoms with van der Waals surface area (Å²) >= 11 is 0. The van der Waals surface area contributed by atoms with Crippen molar-refractivity contribution in [2.24, 2.45) is 0 Å². The Kier molecular flexibility index (Phi) is 3.98. The number of nitro benzene ring substituents is 1. The molecule has 21 heavy (non-hydrogen) atoms. The molecule has 10 heteroatoms. The van der Waals surface area contributed by atoms with Gasteiger partial charge in [-0.15, -0.1) is 0 Å². The molecule has 2 aromatic rings. The standard InChI is InChI=1S/C11H11N5O4S/c1-12-10-4-9(2-3-11(10)16(17)18)21(19,20)15-8-5-13-7-14-6-8/h2-7,12,15H,1H3. The SMILES string of the molecule is CNc1cc(S(=O)(=O)Nc2cncnc2)ccc1[N+](=O)[O-]. The number of sulfonamides is 1. The van der Waals surface area contributed by atoms with Crippen molar-refractivity contribution in [3.05, 3.63) is 47.0 Å². The highest BCUT2D eigenvalue weighted by atomic mass is 32.2. The van der Waals surface area contributed by atoms with E-state index in [0.29, 0.717) is 0 Å². The van der Waals surface area contributed by atoms with Crippen LogP contribution in [-0.4, -0.2) is 30.4 Å². The second kappa shape index (κ2) is 5.71. The van der Waals surface area contributed by atoms with E-state index in [1.165, 1.54) is 31.8 Å². The van der Waals surface area contributed by atoms with Crippen LogP contribution in [0, 0.1) is 10.1 Å². The van der Waals surface area contributed by atoms with Crippen molar-refractivity contribution in [1.82, 2.24) is 9.97 Å². The van der Waals surface area contributed by atoms with Crippen LogP contribution in [0.15, 0.2) is 41.8 Å². The summed E-state index contributed by atoms with van der Waals surface area (Å²) in [4.78, 5) is 17.5. The van der Waals surface area contributed by atoms with E-state index in [4.69, 9.17) is 0 Å². The molecule has 0 spiro atoms. The number of hydrogen-bond acceptors (Lipinski definition) is 7. The van der Waals surface area contributed by atoms with E-state index in [0.717, 1.165) is 12.1 Å². The lowest BCUT2D eigenvalue weighted by Gasteiger charge is -2.09. The van der Waals surface area contributed by atoms with Gasteiger partial charge in [-0.2, -0.15) is 0 Å². The number of anilines is 2. The monoisotopic (exact) mass is 309 g/mol. The van der Waals surface area contributed by atoms with E-state index < -0.39 is 14.9 Å². The maximum Gasteiger partial charge on any atom is 0.292 e. The molecule has 0 radical (unpaired) electrons. The van der Waals surface area contributed by atoms with E-state index in [-0.39, 0.29) is 22.0 Å². The molecule has 0 fully saturated rings. The molecule has 1 aromatic carbocycles. The van der Waals surface area contributed by atoms with E-state index in [1.807, 2.05) is 0 Å². The summed E-state index contributed by atoms with van der Waals surface area (Å²) in [5, 5.41) is 13.4. The van der Waals surface area contributed by atoms with E-state index in [2.05, 4.69) is 20.0 Å². The molecule has 2 N–H and O–H groups in total. The quantitative estimate of drug-likeness (QED) is 0.628. The molecule has 0 atom stereocenters. The summed E-state index contributed by atoms with van der Waals surface area (Å²) in [5.74, 6) is 0. The van der Waals surface area contributed by atoms with Gasteiger partial charge in [0.15, 0.2) is 0 Å². The normalized spacial score (nSPS) is 10.9. The van der Waals surface area contributed by atoms with Crippen LogP contribution in [0.3, 0.4) is 0 Å².